The third-order valence-corrected chi connectivity index (χ3v) is 5.13. The lowest BCUT2D eigenvalue weighted by Crippen LogP contribution is -2.14. The lowest BCUT2D eigenvalue weighted by molar-refractivity contribution is 0.152. The average Bonchev–Trinajstić information content (AvgIpc) is 2.83. The molecule has 1 aromatic rings. The first-order chi connectivity index (χ1) is 16.5. The molecule has 0 spiro atoms. The number of nitrogens with zero attached hydrogens (tertiary/aromatic N) is 3. The lowest BCUT2D eigenvalue weighted by atomic mass is 10.3. The highest BCUT2D eigenvalue weighted by atomic mass is 32.2. The molecule has 0 bridgehead atoms. The first-order valence-corrected chi connectivity index (χ1v) is 12.7. The highest BCUT2D eigenvalue weighted by Gasteiger charge is 1.99. The van der Waals surface area contributed by atoms with E-state index < -0.39 is 0 Å². The van der Waals surface area contributed by atoms with E-state index in [9.17, 15) is 0 Å². The zero-order valence-corrected chi connectivity index (χ0v) is 22.3. The van der Waals surface area contributed by atoms with Crippen LogP contribution in [0.2, 0.25) is 0 Å². The summed E-state index contributed by atoms with van der Waals surface area (Å²) in [5.74, 6) is 3.32. The molecule has 0 aliphatic carbocycles. The summed E-state index contributed by atoms with van der Waals surface area (Å²) in [4.78, 5) is 2.15. The molecule has 6 nitrogen and oxygen atoms in total. The maximum absolute atomic E-state index is 5.66. The molecule has 0 aromatic heterocycles. The smallest absolute Gasteiger partial charge is 0.218 e. The normalized spacial score (nSPS) is 11.8. The minimum atomic E-state index is 0.628. The van der Waals surface area contributed by atoms with Crippen LogP contribution in [0.1, 0.15) is 26.2 Å². The molecular formula is C27H43N3O3S. The molecule has 1 rings (SSSR count). The van der Waals surface area contributed by atoms with Gasteiger partial charge in [-0.1, -0.05) is 43.0 Å². The third kappa shape index (κ3) is 21.5. The SMILES string of the molecule is C=C/C=C(C)/C=N/N=C(/CSCCCCOc1ccccc1)OC.C=CCOCCCN(C)C. The second-order valence-corrected chi connectivity index (χ2v) is 8.64. The fraction of sp³-hybridized carbons (Fsp3) is 0.481. The standard InChI is InChI=1S/C19H26N2O2S.C8H17NO/c1-4-10-17(2)15-20-21-19(22-3)16-24-14-9-8-13-23-18-11-6-5-7-12-18;1-4-7-10-8-5-6-9(2)3/h4-7,10-12,15H,1,8-9,13-14,16H2,2-3H3;4H,1,5-8H2,2-3H3/b17-10+,20-15+,21-19-;. The van der Waals surface area contributed by atoms with Crippen LogP contribution < -0.4 is 4.74 Å². The summed E-state index contributed by atoms with van der Waals surface area (Å²) in [7, 11) is 5.75. The summed E-state index contributed by atoms with van der Waals surface area (Å²) in [5, 5.41) is 8.09. The van der Waals surface area contributed by atoms with Gasteiger partial charge in [-0.15, -0.1) is 11.7 Å². The van der Waals surface area contributed by atoms with Crippen molar-refractivity contribution < 1.29 is 14.2 Å². The van der Waals surface area contributed by atoms with Gasteiger partial charge in [0.05, 0.1) is 32.3 Å². The number of hydrogen-bond acceptors (Lipinski definition) is 7. The number of allylic oxidation sites excluding steroid dienone is 3. The predicted molar refractivity (Wildman–Crippen MR) is 150 cm³/mol. The summed E-state index contributed by atoms with van der Waals surface area (Å²) < 4.78 is 16.1. The average molecular weight is 490 g/mol. The minimum Gasteiger partial charge on any atom is -0.494 e. The van der Waals surface area contributed by atoms with Crippen molar-refractivity contribution in [3.8, 4) is 5.75 Å². The van der Waals surface area contributed by atoms with E-state index in [1.54, 1.807) is 37.2 Å². The summed E-state index contributed by atoms with van der Waals surface area (Å²) in [6, 6.07) is 9.90. The largest absolute Gasteiger partial charge is 0.494 e. The van der Waals surface area contributed by atoms with Crippen molar-refractivity contribution >= 4 is 23.9 Å². The van der Waals surface area contributed by atoms with Crippen LogP contribution in [0.15, 0.2) is 77.5 Å². The Labute approximate surface area is 211 Å². The van der Waals surface area contributed by atoms with Gasteiger partial charge in [0.2, 0.25) is 5.90 Å². The molecular weight excluding hydrogens is 446 g/mol. The number of thioether (sulfide) groups is 1. The Morgan fingerprint density at radius 3 is 2.50 bits per heavy atom. The molecule has 0 aliphatic heterocycles. The van der Waals surface area contributed by atoms with Crippen molar-refractivity contribution in [2.24, 2.45) is 10.2 Å². The molecule has 34 heavy (non-hydrogen) atoms. The number of hydrogen-bond donors (Lipinski definition) is 0. The Morgan fingerprint density at radius 2 is 1.85 bits per heavy atom. The van der Waals surface area contributed by atoms with Crippen LogP contribution >= 0.6 is 11.8 Å². The van der Waals surface area contributed by atoms with E-state index in [-0.39, 0.29) is 0 Å². The molecule has 0 saturated carbocycles. The Bertz CT molecular complexity index is 719. The summed E-state index contributed by atoms with van der Waals surface area (Å²) in [6.07, 6.45) is 10.3. The van der Waals surface area contributed by atoms with Crippen LogP contribution in [0.5, 0.6) is 5.75 Å². The second-order valence-electron chi connectivity index (χ2n) is 7.53. The van der Waals surface area contributed by atoms with Gasteiger partial charge >= 0.3 is 0 Å². The zero-order chi connectivity index (χ0) is 25.3. The van der Waals surface area contributed by atoms with Gasteiger partial charge in [-0.2, -0.15) is 16.9 Å². The number of para-hydroxylation sites is 1. The zero-order valence-electron chi connectivity index (χ0n) is 21.4. The number of ether oxygens (including phenoxy) is 3. The topological polar surface area (TPSA) is 55.7 Å². The second kappa shape index (κ2) is 23.8. The lowest BCUT2D eigenvalue weighted by Gasteiger charge is -2.08. The van der Waals surface area contributed by atoms with Crippen molar-refractivity contribution in [1.82, 2.24) is 4.90 Å². The highest BCUT2D eigenvalue weighted by Crippen LogP contribution is 2.10. The van der Waals surface area contributed by atoms with Crippen LogP contribution in [0.3, 0.4) is 0 Å². The van der Waals surface area contributed by atoms with E-state index in [0.717, 1.165) is 61.8 Å². The third-order valence-electron chi connectivity index (χ3n) is 4.10. The minimum absolute atomic E-state index is 0.628. The Hall–Kier alpha value is -2.35. The molecule has 190 valence electrons. The first-order valence-electron chi connectivity index (χ1n) is 11.6. The van der Waals surface area contributed by atoms with E-state index in [4.69, 9.17) is 14.2 Å². The number of rotatable bonds is 17. The van der Waals surface area contributed by atoms with Gasteiger partial charge in [0, 0.05) is 6.61 Å². The molecule has 0 saturated heterocycles. The maximum atomic E-state index is 5.66. The van der Waals surface area contributed by atoms with Gasteiger partial charge in [-0.25, -0.2) is 0 Å². The van der Waals surface area contributed by atoms with Gasteiger partial charge in [0.15, 0.2) is 0 Å². The number of unbranched alkanes of at least 4 members (excludes halogenated alkanes) is 1. The molecule has 7 heteroatoms. The van der Waals surface area contributed by atoms with Crippen LogP contribution in [0, 0.1) is 0 Å². The number of benzene rings is 1. The van der Waals surface area contributed by atoms with Gasteiger partial charge in [0.25, 0.3) is 0 Å². The van der Waals surface area contributed by atoms with E-state index >= 15 is 0 Å². The Morgan fingerprint density at radius 1 is 1.09 bits per heavy atom. The fourth-order valence-corrected chi connectivity index (χ4v) is 3.27. The van der Waals surface area contributed by atoms with Crippen molar-refractivity contribution in [2.45, 2.75) is 26.2 Å². The fourth-order valence-electron chi connectivity index (χ4n) is 2.36. The van der Waals surface area contributed by atoms with Gasteiger partial charge in [0.1, 0.15) is 5.75 Å². The van der Waals surface area contributed by atoms with E-state index in [0.29, 0.717) is 12.5 Å². The molecule has 1 aromatic carbocycles. The van der Waals surface area contributed by atoms with Crippen molar-refractivity contribution in [3.63, 3.8) is 0 Å². The summed E-state index contributed by atoms with van der Waals surface area (Å²) >= 11 is 1.79. The van der Waals surface area contributed by atoms with E-state index in [1.807, 2.05) is 43.3 Å². The molecule has 0 radical (unpaired) electrons. The van der Waals surface area contributed by atoms with Crippen LogP contribution in [0.25, 0.3) is 0 Å². The molecule has 0 aliphatic rings. The number of methoxy groups -OCH3 is 1. The molecule has 0 atom stereocenters. The van der Waals surface area contributed by atoms with Crippen LogP contribution in [-0.4, -0.2) is 76.1 Å². The van der Waals surface area contributed by atoms with Gasteiger partial charge < -0.3 is 19.1 Å². The summed E-state index contributed by atoms with van der Waals surface area (Å²) in [6.45, 7) is 12.5. The van der Waals surface area contributed by atoms with Crippen molar-refractivity contribution in [3.05, 3.63) is 67.3 Å². The Kier molecular flexibility index (Phi) is 22.2. The van der Waals surface area contributed by atoms with Gasteiger partial charge in [-0.3, -0.25) is 0 Å². The molecule has 0 heterocycles. The first kappa shape index (κ1) is 31.6. The monoisotopic (exact) mass is 489 g/mol. The molecule has 0 fully saturated rings. The van der Waals surface area contributed by atoms with Gasteiger partial charge in [-0.05, 0) is 70.3 Å². The highest BCUT2D eigenvalue weighted by molar-refractivity contribution is 7.99. The van der Waals surface area contributed by atoms with E-state index in [2.05, 4.69) is 42.4 Å². The quantitative estimate of drug-likeness (QED) is 0.0683. The maximum Gasteiger partial charge on any atom is 0.218 e. The summed E-state index contributed by atoms with van der Waals surface area (Å²) in [5.41, 5.74) is 0.996. The molecule has 0 N–H and O–H groups in total. The van der Waals surface area contributed by atoms with Crippen LogP contribution in [-0.2, 0) is 9.47 Å². The van der Waals surface area contributed by atoms with E-state index in [1.165, 1.54) is 0 Å². The Balaban J connectivity index is 0.000000916. The molecule has 0 amide bonds. The van der Waals surface area contributed by atoms with Crippen molar-refractivity contribution in [1.29, 1.82) is 0 Å². The molecule has 0 unspecified atom stereocenters. The predicted octanol–water partition coefficient (Wildman–Crippen LogP) is 5.88. The van der Waals surface area contributed by atoms with Crippen molar-refractivity contribution in [2.75, 3.05) is 59.1 Å². The van der Waals surface area contributed by atoms with Crippen LogP contribution in [0.4, 0.5) is 0 Å².